The van der Waals surface area contributed by atoms with Crippen molar-refractivity contribution in [2.45, 2.75) is 39.2 Å². The summed E-state index contributed by atoms with van der Waals surface area (Å²) in [7, 11) is 0. The first-order valence-electron chi connectivity index (χ1n) is 11.2. The molecule has 9 heteroatoms. The van der Waals surface area contributed by atoms with Gasteiger partial charge in [0.05, 0.1) is 6.54 Å². The zero-order chi connectivity index (χ0) is 24.9. The van der Waals surface area contributed by atoms with E-state index in [0.717, 1.165) is 10.5 Å². The molecular weight excluding hydrogens is 456 g/mol. The number of aryl methyl sites for hydroxylation is 1. The average Bonchev–Trinajstić information content (AvgIpc) is 3.05. The zero-order valence-electron chi connectivity index (χ0n) is 19.6. The second-order valence-electron chi connectivity index (χ2n) is 8.27. The highest BCUT2D eigenvalue weighted by molar-refractivity contribution is 6.30. The largest absolute Gasteiger partial charge is 0.332 e. The Morgan fingerprint density at radius 2 is 1.76 bits per heavy atom. The molecule has 1 atom stereocenters. The Kier molecular flexibility index (Phi) is 7.94. The number of benzene rings is 2. The second kappa shape index (κ2) is 10.7. The molecular formula is C25H29ClN4O4. The van der Waals surface area contributed by atoms with Crippen LogP contribution in [0.1, 0.15) is 37.8 Å². The lowest BCUT2D eigenvalue weighted by molar-refractivity contribution is -0.140. The van der Waals surface area contributed by atoms with E-state index in [1.807, 2.05) is 32.0 Å². The first kappa shape index (κ1) is 25.2. The van der Waals surface area contributed by atoms with Crippen LogP contribution in [0.25, 0.3) is 0 Å². The number of anilines is 1. The number of carbonyl (C=O) groups excluding carboxylic acids is 4. The van der Waals surface area contributed by atoms with Crippen LogP contribution in [-0.2, 0) is 19.9 Å². The Balaban J connectivity index is 1.73. The van der Waals surface area contributed by atoms with Crippen LogP contribution in [0.4, 0.5) is 10.5 Å². The Hall–Kier alpha value is -3.39. The number of imide groups is 1. The molecule has 2 aromatic carbocycles. The summed E-state index contributed by atoms with van der Waals surface area (Å²) in [5.41, 5.74) is 0.901. The van der Waals surface area contributed by atoms with E-state index in [4.69, 9.17) is 11.6 Å². The van der Waals surface area contributed by atoms with Gasteiger partial charge in [0, 0.05) is 17.3 Å². The van der Waals surface area contributed by atoms with E-state index in [1.54, 1.807) is 37.3 Å². The maximum absolute atomic E-state index is 13.3. The van der Waals surface area contributed by atoms with E-state index >= 15 is 0 Å². The molecule has 1 heterocycles. The molecule has 1 saturated heterocycles. The summed E-state index contributed by atoms with van der Waals surface area (Å²) in [6.07, 6.45) is 0.925. The predicted octanol–water partition coefficient (Wildman–Crippen LogP) is 3.68. The number of rotatable bonds is 9. The van der Waals surface area contributed by atoms with Gasteiger partial charge in [-0.25, -0.2) is 4.79 Å². The van der Waals surface area contributed by atoms with E-state index in [9.17, 15) is 19.2 Å². The van der Waals surface area contributed by atoms with Crippen molar-refractivity contribution in [3.8, 4) is 0 Å². The first-order valence-corrected chi connectivity index (χ1v) is 11.6. The highest BCUT2D eigenvalue weighted by Crippen LogP contribution is 2.33. The van der Waals surface area contributed by atoms with Crippen molar-refractivity contribution < 1.29 is 19.2 Å². The second-order valence-corrected chi connectivity index (χ2v) is 8.70. The summed E-state index contributed by atoms with van der Waals surface area (Å²) < 4.78 is 0. The van der Waals surface area contributed by atoms with Crippen LogP contribution in [0.3, 0.4) is 0 Å². The fourth-order valence-electron chi connectivity index (χ4n) is 4.02. The third kappa shape index (κ3) is 5.22. The van der Waals surface area contributed by atoms with Crippen molar-refractivity contribution in [2.75, 3.05) is 25.0 Å². The van der Waals surface area contributed by atoms with Crippen LogP contribution in [0.5, 0.6) is 0 Å². The van der Waals surface area contributed by atoms with Crippen molar-refractivity contribution in [3.05, 3.63) is 64.7 Å². The van der Waals surface area contributed by atoms with Crippen molar-refractivity contribution in [3.63, 3.8) is 0 Å². The van der Waals surface area contributed by atoms with E-state index in [0.29, 0.717) is 35.7 Å². The fraction of sp³-hybridized carbons (Fsp3) is 0.360. The van der Waals surface area contributed by atoms with Crippen LogP contribution >= 0.6 is 11.6 Å². The normalized spacial score (nSPS) is 17.5. The summed E-state index contributed by atoms with van der Waals surface area (Å²) in [5.74, 6) is -1.33. The molecule has 180 valence electrons. The Bertz CT molecular complexity index is 1090. The number of carbonyl (C=O) groups is 4. The molecule has 0 saturated carbocycles. The summed E-state index contributed by atoms with van der Waals surface area (Å²) >= 11 is 5.97. The van der Waals surface area contributed by atoms with Crippen LogP contribution in [-0.4, -0.2) is 53.2 Å². The first-order chi connectivity index (χ1) is 16.2. The smallest absolute Gasteiger partial charge is 0.325 e. The average molecular weight is 485 g/mol. The number of nitrogens with one attached hydrogen (secondary N) is 2. The number of nitrogens with zero attached hydrogens (tertiary/aromatic N) is 2. The third-order valence-electron chi connectivity index (χ3n) is 5.94. The topological polar surface area (TPSA) is 98.8 Å². The molecule has 0 aliphatic carbocycles. The minimum atomic E-state index is -1.26. The lowest BCUT2D eigenvalue weighted by Crippen LogP contribution is -2.47. The molecule has 2 aromatic rings. The van der Waals surface area contributed by atoms with Crippen molar-refractivity contribution in [1.29, 1.82) is 0 Å². The van der Waals surface area contributed by atoms with Crippen LogP contribution in [0.2, 0.25) is 5.02 Å². The van der Waals surface area contributed by atoms with Crippen molar-refractivity contribution in [1.82, 2.24) is 15.1 Å². The summed E-state index contributed by atoms with van der Waals surface area (Å²) in [6, 6.07) is 13.4. The van der Waals surface area contributed by atoms with Gasteiger partial charge in [0.25, 0.3) is 5.91 Å². The predicted molar refractivity (Wildman–Crippen MR) is 130 cm³/mol. The number of para-hydroxylation sites is 1. The number of hydrogen-bond donors (Lipinski definition) is 2. The van der Waals surface area contributed by atoms with Crippen molar-refractivity contribution in [2.24, 2.45) is 0 Å². The fourth-order valence-corrected chi connectivity index (χ4v) is 4.14. The van der Waals surface area contributed by atoms with E-state index < -0.39 is 29.9 Å². The van der Waals surface area contributed by atoms with Gasteiger partial charge in [-0.05, 0) is 49.1 Å². The van der Waals surface area contributed by atoms with Gasteiger partial charge in [-0.2, -0.15) is 0 Å². The number of urea groups is 1. The van der Waals surface area contributed by atoms with Gasteiger partial charge in [-0.1, -0.05) is 55.8 Å². The molecule has 1 aliphatic rings. The zero-order valence-corrected chi connectivity index (χ0v) is 20.3. The van der Waals surface area contributed by atoms with Gasteiger partial charge in [-0.15, -0.1) is 0 Å². The molecule has 8 nitrogen and oxygen atoms in total. The molecule has 5 amide bonds. The molecule has 1 unspecified atom stereocenters. The number of hydrogen-bond acceptors (Lipinski definition) is 4. The lowest BCUT2D eigenvalue weighted by atomic mass is 9.87. The molecule has 2 N–H and O–H groups in total. The number of amides is 5. The monoisotopic (exact) mass is 484 g/mol. The highest BCUT2D eigenvalue weighted by Gasteiger charge is 2.51. The maximum atomic E-state index is 13.3. The van der Waals surface area contributed by atoms with Gasteiger partial charge in [-0.3, -0.25) is 19.3 Å². The molecule has 1 fully saturated rings. The van der Waals surface area contributed by atoms with Crippen LogP contribution in [0.15, 0.2) is 48.5 Å². The lowest BCUT2D eigenvalue weighted by Gasteiger charge is -2.27. The van der Waals surface area contributed by atoms with Gasteiger partial charge in [0.1, 0.15) is 12.1 Å². The minimum absolute atomic E-state index is 0.180. The maximum Gasteiger partial charge on any atom is 0.325 e. The summed E-state index contributed by atoms with van der Waals surface area (Å²) in [5, 5.41) is 6.07. The molecule has 0 bridgehead atoms. The van der Waals surface area contributed by atoms with E-state index in [-0.39, 0.29) is 12.5 Å². The quantitative estimate of drug-likeness (QED) is 0.530. The van der Waals surface area contributed by atoms with E-state index in [2.05, 4.69) is 10.6 Å². The van der Waals surface area contributed by atoms with Gasteiger partial charge in [0.2, 0.25) is 11.8 Å². The molecule has 0 radical (unpaired) electrons. The molecule has 0 spiro atoms. The highest BCUT2D eigenvalue weighted by atomic mass is 35.5. The molecule has 3 rings (SSSR count). The third-order valence-corrected chi connectivity index (χ3v) is 6.19. The van der Waals surface area contributed by atoms with Crippen LogP contribution < -0.4 is 10.6 Å². The summed E-state index contributed by atoms with van der Waals surface area (Å²) in [6.45, 7) is 5.24. The standard InChI is InChI=1S/C25H29ClN4O4/c1-4-14-29(15-21(31)27-20-9-7-6-8-17(20)3)22(32)16-30-23(33)25(5-2,28-24(30)34)18-10-12-19(26)13-11-18/h6-13H,4-5,14-16H2,1-3H3,(H,27,31)(H,28,34). The molecule has 1 aliphatic heterocycles. The minimum Gasteiger partial charge on any atom is -0.332 e. The Morgan fingerprint density at radius 3 is 2.38 bits per heavy atom. The van der Waals surface area contributed by atoms with Gasteiger partial charge >= 0.3 is 6.03 Å². The summed E-state index contributed by atoms with van der Waals surface area (Å²) in [4.78, 5) is 54.0. The molecule has 34 heavy (non-hydrogen) atoms. The van der Waals surface area contributed by atoms with Gasteiger partial charge < -0.3 is 15.5 Å². The molecule has 0 aromatic heterocycles. The van der Waals surface area contributed by atoms with Crippen LogP contribution in [0, 0.1) is 6.92 Å². The Morgan fingerprint density at radius 1 is 1.09 bits per heavy atom. The van der Waals surface area contributed by atoms with E-state index in [1.165, 1.54) is 4.90 Å². The number of halogens is 1. The van der Waals surface area contributed by atoms with Gasteiger partial charge in [0.15, 0.2) is 0 Å². The SMILES string of the molecule is CCCN(CC(=O)Nc1ccccc1C)C(=O)CN1C(=O)NC(CC)(c2ccc(Cl)cc2)C1=O. The van der Waals surface area contributed by atoms with Crippen molar-refractivity contribution >= 4 is 41.0 Å². The Labute approximate surface area is 204 Å².